The van der Waals surface area contributed by atoms with Crippen LogP contribution < -0.4 is 5.69 Å². The number of nitrogens with one attached hydrogen (secondary N) is 1. The van der Waals surface area contributed by atoms with Gasteiger partial charge in [-0.3, -0.25) is 14.7 Å². The van der Waals surface area contributed by atoms with Crippen LogP contribution in [0, 0.1) is 10.1 Å². The Kier molecular flexibility index (Phi) is 4.53. The van der Waals surface area contributed by atoms with Gasteiger partial charge < -0.3 is 9.54 Å². The van der Waals surface area contributed by atoms with Crippen molar-refractivity contribution in [3.63, 3.8) is 0 Å². The molecule has 3 aromatic rings. The molecule has 0 fully saturated rings. The summed E-state index contributed by atoms with van der Waals surface area (Å²) in [6.45, 7) is -0.0462. The molecule has 0 spiro atoms. The highest BCUT2D eigenvalue weighted by molar-refractivity contribution is 7.86. The lowest BCUT2D eigenvalue weighted by Gasteiger charge is -2.09. The molecule has 0 atom stereocenters. The molecule has 136 valence electrons. The van der Waals surface area contributed by atoms with Gasteiger partial charge in [0.05, 0.1) is 22.5 Å². The van der Waals surface area contributed by atoms with Crippen LogP contribution >= 0.6 is 23.2 Å². The predicted octanol–water partition coefficient (Wildman–Crippen LogP) is 2.50. The first-order valence-corrected chi connectivity index (χ1v) is 9.05. The van der Waals surface area contributed by atoms with Crippen LogP contribution in [0.15, 0.2) is 40.0 Å². The third-order valence-corrected chi connectivity index (χ3v) is 5.12. The van der Waals surface area contributed by atoms with Gasteiger partial charge in [-0.05, 0) is 23.8 Å². The van der Waals surface area contributed by atoms with Crippen molar-refractivity contribution in [1.82, 2.24) is 9.55 Å². The summed E-state index contributed by atoms with van der Waals surface area (Å²) < 4.78 is 35.0. The van der Waals surface area contributed by atoms with Gasteiger partial charge in [0.25, 0.3) is 5.69 Å². The standard InChI is InChI=1S/C14H9Cl2N3O6S/c15-8-2-1-7(9(16)3-8)6-18-11-5-12(19(21)22)13(26(23,24)25)4-10(11)17-14(18)20/h1-5H,6H2,(H,17,20)(H,23,24,25)/p-1. The predicted molar refractivity (Wildman–Crippen MR) is 92.7 cm³/mol. The maximum Gasteiger partial charge on any atom is 0.326 e. The van der Waals surface area contributed by atoms with Gasteiger partial charge in [0.2, 0.25) is 0 Å². The zero-order chi connectivity index (χ0) is 19.2. The molecule has 26 heavy (non-hydrogen) atoms. The highest BCUT2D eigenvalue weighted by Crippen LogP contribution is 2.29. The minimum absolute atomic E-state index is 0.0277. The summed E-state index contributed by atoms with van der Waals surface area (Å²) in [6, 6.07) is 6.26. The quantitative estimate of drug-likeness (QED) is 0.393. The van der Waals surface area contributed by atoms with E-state index >= 15 is 0 Å². The topological polar surface area (TPSA) is 138 Å². The molecule has 3 rings (SSSR count). The number of aromatic amines is 1. The number of halogens is 2. The molecule has 0 bridgehead atoms. The second-order valence-corrected chi connectivity index (χ2v) is 7.49. The number of nitro benzene ring substituents is 1. The van der Waals surface area contributed by atoms with E-state index < -0.39 is 31.3 Å². The average Bonchev–Trinajstić information content (AvgIpc) is 2.83. The van der Waals surface area contributed by atoms with Crippen LogP contribution in [0.4, 0.5) is 5.69 Å². The first-order valence-electron chi connectivity index (χ1n) is 6.88. The zero-order valence-corrected chi connectivity index (χ0v) is 14.9. The van der Waals surface area contributed by atoms with Crippen molar-refractivity contribution in [3.05, 3.63) is 66.5 Å². The monoisotopic (exact) mass is 416 g/mol. The van der Waals surface area contributed by atoms with Gasteiger partial charge in [-0.25, -0.2) is 13.2 Å². The Hall–Kier alpha value is -2.40. The van der Waals surface area contributed by atoms with E-state index in [2.05, 4.69) is 4.98 Å². The molecule has 0 aliphatic rings. The molecule has 0 aliphatic carbocycles. The number of H-pyrrole nitrogens is 1. The number of nitrogens with zero attached hydrogens (tertiary/aromatic N) is 2. The number of hydrogen-bond donors (Lipinski definition) is 1. The third kappa shape index (κ3) is 3.31. The second-order valence-electron chi connectivity index (χ2n) is 5.30. The molecule has 0 radical (unpaired) electrons. The van der Waals surface area contributed by atoms with Crippen LogP contribution in [-0.4, -0.2) is 27.4 Å². The van der Waals surface area contributed by atoms with Crippen molar-refractivity contribution < 1.29 is 17.9 Å². The summed E-state index contributed by atoms with van der Waals surface area (Å²) >= 11 is 11.9. The SMILES string of the molecule is O=c1[nH]c2cc(S(=O)(=O)[O-])c([N+](=O)[O-])cc2n1Cc1ccc(Cl)cc1Cl. The molecule has 2 aromatic carbocycles. The van der Waals surface area contributed by atoms with Crippen LogP contribution in [0.2, 0.25) is 10.0 Å². The van der Waals surface area contributed by atoms with Crippen molar-refractivity contribution in [2.24, 2.45) is 0 Å². The number of aromatic nitrogens is 2. The molecular weight excluding hydrogens is 409 g/mol. The van der Waals surface area contributed by atoms with E-state index in [1.807, 2.05) is 0 Å². The fourth-order valence-corrected chi connectivity index (χ4v) is 3.61. The summed E-state index contributed by atoms with van der Waals surface area (Å²) in [6.07, 6.45) is 0. The first kappa shape index (κ1) is 18.4. The third-order valence-electron chi connectivity index (χ3n) is 3.66. The Morgan fingerprint density at radius 1 is 1.19 bits per heavy atom. The summed E-state index contributed by atoms with van der Waals surface area (Å²) in [5.41, 5.74) is -1.02. The van der Waals surface area contributed by atoms with Crippen molar-refractivity contribution in [3.8, 4) is 0 Å². The fraction of sp³-hybridized carbons (Fsp3) is 0.0714. The average molecular weight is 417 g/mol. The molecule has 1 N–H and O–H groups in total. The number of hydrogen-bond acceptors (Lipinski definition) is 6. The zero-order valence-electron chi connectivity index (χ0n) is 12.6. The van der Waals surface area contributed by atoms with Crippen LogP contribution in [0.1, 0.15) is 5.56 Å². The van der Waals surface area contributed by atoms with Gasteiger partial charge in [-0.1, -0.05) is 29.3 Å². The van der Waals surface area contributed by atoms with Crippen LogP contribution in [0.5, 0.6) is 0 Å². The van der Waals surface area contributed by atoms with E-state index in [0.29, 0.717) is 10.6 Å². The summed E-state index contributed by atoms with van der Waals surface area (Å²) in [4.78, 5) is 23.7. The molecule has 0 saturated heterocycles. The molecule has 0 amide bonds. The van der Waals surface area contributed by atoms with E-state index in [1.54, 1.807) is 12.1 Å². The van der Waals surface area contributed by atoms with Gasteiger partial charge >= 0.3 is 5.69 Å². The minimum Gasteiger partial charge on any atom is -0.744 e. The van der Waals surface area contributed by atoms with E-state index in [4.69, 9.17) is 23.2 Å². The molecule has 12 heteroatoms. The largest absolute Gasteiger partial charge is 0.744 e. The van der Waals surface area contributed by atoms with Crippen molar-refractivity contribution in [2.45, 2.75) is 11.4 Å². The van der Waals surface area contributed by atoms with Gasteiger partial charge in [0.15, 0.2) is 0 Å². The van der Waals surface area contributed by atoms with E-state index in [-0.39, 0.29) is 22.6 Å². The van der Waals surface area contributed by atoms with E-state index in [9.17, 15) is 27.9 Å². The van der Waals surface area contributed by atoms with Crippen molar-refractivity contribution >= 4 is 50.0 Å². The number of imidazole rings is 1. The smallest absolute Gasteiger partial charge is 0.326 e. The summed E-state index contributed by atoms with van der Waals surface area (Å²) in [7, 11) is -5.10. The number of nitro groups is 1. The molecule has 1 aromatic heterocycles. The van der Waals surface area contributed by atoms with Gasteiger partial charge in [-0.15, -0.1) is 0 Å². The van der Waals surface area contributed by atoms with Crippen molar-refractivity contribution in [1.29, 1.82) is 0 Å². The lowest BCUT2D eigenvalue weighted by molar-refractivity contribution is -0.387. The molecule has 0 aliphatic heterocycles. The lowest BCUT2D eigenvalue weighted by Crippen LogP contribution is -2.17. The Bertz CT molecular complexity index is 1220. The summed E-state index contributed by atoms with van der Waals surface area (Å²) in [5.74, 6) is 0. The van der Waals surface area contributed by atoms with Crippen molar-refractivity contribution in [2.75, 3.05) is 0 Å². The van der Waals surface area contributed by atoms with Crippen LogP contribution in [0.25, 0.3) is 11.0 Å². The molecule has 0 saturated carbocycles. The molecular formula is C14H8Cl2N3O6S-. The lowest BCUT2D eigenvalue weighted by atomic mass is 10.2. The van der Waals surface area contributed by atoms with Crippen LogP contribution in [-0.2, 0) is 16.7 Å². The Labute approximate surface area is 155 Å². The van der Waals surface area contributed by atoms with Gasteiger partial charge in [-0.2, -0.15) is 0 Å². The van der Waals surface area contributed by atoms with Crippen LogP contribution in [0.3, 0.4) is 0 Å². The Morgan fingerprint density at radius 3 is 2.46 bits per heavy atom. The number of benzene rings is 2. The highest BCUT2D eigenvalue weighted by atomic mass is 35.5. The second kappa shape index (κ2) is 6.40. The minimum atomic E-state index is -5.10. The maximum atomic E-state index is 12.2. The van der Waals surface area contributed by atoms with E-state index in [1.165, 1.54) is 6.07 Å². The van der Waals surface area contributed by atoms with E-state index in [0.717, 1.165) is 16.7 Å². The molecule has 9 nitrogen and oxygen atoms in total. The maximum absolute atomic E-state index is 12.2. The summed E-state index contributed by atoms with van der Waals surface area (Å²) in [5, 5.41) is 11.8. The normalized spacial score (nSPS) is 11.8. The van der Waals surface area contributed by atoms with Gasteiger partial charge in [0, 0.05) is 16.1 Å². The number of rotatable bonds is 4. The number of fused-ring (bicyclic) bond motifs is 1. The Morgan fingerprint density at radius 2 is 1.88 bits per heavy atom. The fourth-order valence-electron chi connectivity index (χ4n) is 2.49. The first-order chi connectivity index (χ1) is 12.1. The highest BCUT2D eigenvalue weighted by Gasteiger charge is 2.23. The molecule has 1 heterocycles. The van der Waals surface area contributed by atoms with Gasteiger partial charge in [0.1, 0.15) is 15.0 Å². The Balaban J connectivity index is 2.24. The molecule has 0 unspecified atom stereocenters.